The van der Waals surface area contributed by atoms with Gasteiger partial charge in [0.2, 0.25) is 0 Å². The molecule has 0 spiro atoms. The molecule has 1 aliphatic rings. The monoisotopic (exact) mass is 407 g/mol. The fourth-order valence-electron chi connectivity index (χ4n) is 4.13. The van der Waals surface area contributed by atoms with Crippen molar-refractivity contribution in [1.82, 2.24) is 9.47 Å². The number of piperazine rings is 1. The molecule has 1 aromatic heterocycles. The second kappa shape index (κ2) is 8.22. The second-order valence-electron chi connectivity index (χ2n) is 7.55. The van der Waals surface area contributed by atoms with Gasteiger partial charge in [-0.15, -0.1) is 0 Å². The first kappa shape index (κ1) is 20.0. The third kappa shape index (κ3) is 3.65. The molecule has 1 amide bonds. The van der Waals surface area contributed by atoms with Gasteiger partial charge in [0.15, 0.2) is 0 Å². The average molecular weight is 407 g/mol. The van der Waals surface area contributed by atoms with Crippen LogP contribution >= 0.6 is 0 Å². The van der Waals surface area contributed by atoms with E-state index in [1.807, 2.05) is 47.6 Å². The van der Waals surface area contributed by atoms with Crippen molar-refractivity contribution < 1.29 is 13.9 Å². The summed E-state index contributed by atoms with van der Waals surface area (Å²) in [6.07, 6.45) is 0. The highest BCUT2D eigenvalue weighted by molar-refractivity contribution is 5.96. The Hall–Kier alpha value is -3.28. The Kier molecular flexibility index (Phi) is 5.48. The van der Waals surface area contributed by atoms with Gasteiger partial charge < -0.3 is 19.1 Å². The van der Waals surface area contributed by atoms with E-state index in [0.717, 1.165) is 35.9 Å². The number of rotatable bonds is 4. The minimum atomic E-state index is -0.301. The molecular formula is C24H26FN3O2. The molecule has 0 N–H and O–H groups in total. The number of benzene rings is 2. The molecule has 0 radical (unpaired) electrons. The molecule has 0 aliphatic carbocycles. The Morgan fingerprint density at radius 1 is 0.967 bits per heavy atom. The Labute approximate surface area is 176 Å². The Balaban J connectivity index is 1.51. The van der Waals surface area contributed by atoms with E-state index < -0.39 is 0 Å². The van der Waals surface area contributed by atoms with Crippen LogP contribution < -0.4 is 9.64 Å². The van der Waals surface area contributed by atoms with Crippen LogP contribution in [0.4, 0.5) is 10.1 Å². The number of amides is 1. The highest BCUT2D eigenvalue weighted by Gasteiger charge is 2.26. The largest absolute Gasteiger partial charge is 0.497 e. The molecule has 5 nitrogen and oxygen atoms in total. The predicted molar refractivity (Wildman–Crippen MR) is 116 cm³/mol. The Morgan fingerprint density at radius 3 is 2.40 bits per heavy atom. The summed E-state index contributed by atoms with van der Waals surface area (Å²) in [5.41, 5.74) is 3.80. The van der Waals surface area contributed by atoms with Crippen molar-refractivity contribution in [3.8, 4) is 11.4 Å². The van der Waals surface area contributed by atoms with Crippen LogP contribution in [-0.2, 0) is 0 Å². The first-order chi connectivity index (χ1) is 14.5. The summed E-state index contributed by atoms with van der Waals surface area (Å²) in [4.78, 5) is 17.4. The molecule has 3 aromatic rings. The van der Waals surface area contributed by atoms with E-state index in [1.54, 1.807) is 25.3 Å². The third-order valence-corrected chi connectivity index (χ3v) is 5.74. The van der Waals surface area contributed by atoms with Gasteiger partial charge in [-0.25, -0.2) is 4.39 Å². The summed E-state index contributed by atoms with van der Waals surface area (Å²) >= 11 is 0. The van der Waals surface area contributed by atoms with Crippen LogP contribution in [0.2, 0.25) is 0 Å². The second-order valence-corrected chi connectivity index (χ2v) is 7.55. The number of hydrogen-bond donors (Lipinski definition) is 0. The van der Waals surface area contributed by atoms with E-state index in [0.29, 0.717) is 24.3 Å². The minimum Gasteiger partial charge on any atom is -0.497 e. The van der Waals surface area contributed by atoms with Crippen LogP contribution in [0, 0.1) is 19.7 Å². The fraction of sp³-hybridized carbons (Fsp3) is 0.292. The quantitative estimate of drug-likeness (QED) is 0.650. The lowest BCUT2D eigenvalue weighted by Gasteiger charge is -2.36. The number of anilines is 1. The number of aryl methyl sites for hydroxylation is 1. The maximum absolute atomic E-state index is 14.3. The first-order valence-electron chi connectivity index (χ1n) is 10.1. The molecule has 4 rings (SSSR count). The highest BCUT2D eigenvalue weighted by Crippen LogP contribution is 2.26. The maximum Gasteiger partial charge on any atom is 0.255 e. The van der Waals surface area contributed by atoms with Crippen LogP contribution in [0.3, 0.4) is 0 Å². The van der Waals surface area contributed by atoms with Crippen LogP contribution in [0.5, 0.6) is 5.75 Å². The van der Waals surface area contributed by atoms with E-state index in [2.05, 4.69) is 11.0 Å². The van der Waals surface area contributed by atoms with Gasteiger partial charge in [0.25, 0.3) is 5.91 Å². The van der Waals surface area contributed by atoms with Crippen LogP contribution in [0.25, 0.3) is 5.69 Å². The zero-order valence-electron chi connectivity index (χ0n) is 17.6. The molecule has 0 bridgehead atoms. The topological polar surface area (TPSA) is 37.7 Å². The number of carbonyl (C=O) groups is 1. The number of methoxy groups -OCH3 is 1. The lowest BCUT2D eigenvalue weighted by molar-refractivity contribution is 0.0746. The average Bonchev–Trinajstić information content (AvgIpc) is 3.07. The number of ether oxygens (including phenoxy) is 1. The molecule has 156 valence electrons. The van der Waals surface area contributed by atoms with Crippen LogP contribution in [-0.4, -0.2) is 48.7 Å². The summed E-state index contributed by atoms with van der Waals surface area (Å²) in [6.45, 7) is 6.56. The van der Waals surface area contributed by atoms with Gasteiger partial charge in [-0.1, -0.05) is 18.2 Å². The number of para-hydroxylation sites is 1. The van der Waals surface area contributed by atoms with E-state index in [4.69, 9.17) is 4.74 Å². The van der Waals surface area contributed by atoms with Crippen LogP contribution in [0.1, 0.15) is 21.7 Å². The molecule has 1 fully saturated rings. The first-order valence-corrected chi connectivity index (χ1v) is 10.1. The third-order valence-electron chi connectivity index (χ3n) is 5.74. The van der Waals surface area contributed by atoms with E-state index in [9.17, 15) is 9.18 Å². The van der Waals surface area contributed by atoms with Gasteiger partial charge in [-0.05, 0) is 44.2 Å². The van der Waals surface area contributed by atoms with Crippen molar-refractivity contribution in [3.05, 3.63) is 77.4 Å². The van der Waals surface area contributed by atoms with Crippen molar-refractivity contribution >= 4 is 11.6 Å². The van der Waals surface area contributed by atoms with Gasteiger partial charge >= 0.3 is 0 Å². The zero-order valence-corrected chi connectivity index (χ0v) is 17.6. The van der Waals surface area contributed by atoms with Gasteiger partial charge in [-0.2, -0.15) is 0 Å². The number of nitrogens with zero attached hydrogens (tertiary/aromatic N) is 3. The standard InChI is InChI=1S/C24H26FN3O2/c1-17-15-21(18(2)28(17)23-10-5-4-9-22(23)25)24(29)27-13-11-26(12-14-27)19-7-6-8-20(16-19)30-3/h4-10,15-16H,11-14H2,1-3H3. The molecule has 2 heterocycles. The fourth-order valence-corrected chi connectivity index (χ4v) is 4.13. The van der Waals surface area contributed by atoms with Crippen molar-refractivity contribution in [1.29, 1.82) is 0 Å². The SMILES string of the molecule is COc1cccc(N2CCN(C(=O)c3cc(C)n(-c4ccccc4F)c3C)CC2)c1. The number of carbonyl (C=O) groups excluding carboxylic acids is 1. The van der Waals surface area contributed by atoms with Gasteiger partial charge in [0.05, 0.1) is 18.4 Å². The normalized spacial score (nSPS) is 14.1. The Morgan fingerprint density at radius 2 is 1.70 bits per heavy atom. The molecule has 6 heteroatoms. The minimum absolute atomic E-state index is 0.00372. The maximum atomic E-state index is 14.3. The van der Waals surface area contributed by atoms with E-state index in [1.165, 1.54) is 6.07 Å². The van der Waals surface area contributed by atoms with Crippen molar-refractivity contribution in [3.63, 3.8) is 0 Å². The molecule has 2 aromatic carbocycles. The lowest BCUT2D eigenvalue weighted by Crippen LogP contribution is -2.48. The predicted octanol–water partition coefficient (Wildman–Crippen LogP) is 4.20. The molecule has 0 atom stereocenters. The Bertz CT molecular complexity index is 1070. The summed E-state index contributed by atoms with van der Waals surface area (Å²) in [5, 5.41) is 0. The summed E-state index contributed by atoms with van der Waals surface area (Å²) in [6, 6.07) is 16.5. The van der Waals surface area contributed by atoms with Crippen molar-refractivity contribution in [2.75, 3.05) is 38.2 Å². The van der Waals surface area contributed by atoms with E-state index in [-0.39, 0.29) is 11.7 Å². The number of aromatic nitrogens is 1. The van der Waals surface area contributed by atoms with Gasteiger partial charge in [0.1, 0.15) is 11.6 Å². The van der Waals surface area contributed by atoms with Gasteiger partial charge in [0, 0.05) is 49.3 Å². The van der Waals surface area contributed by atoms with Crippen LogP contribution in [0.15, 0.2) is 54.6 Å². The number of hydrogen-bond acceptors (Lipinski definition) is 3. The van der Waals surface area contributed by atoms with Crippen molar-refractivity contribution in [2.45, 2.75) is 13.8 Å². The molecular weight excluding hydrogens is 381 g/mol. The molecule has 30 heavy (non-hydrogen) atoms. The summed E-state index contributed by atoms with van der Waals surface area (Å²) in [7, 11) is 1.66. The summed E-state index contributed by atoms with van der Waals surface area (Å²) in [5.74, 6) is 0.521. The molecule has 0 saturated carbocycles. The molecule has 1 saturated heterocycles. The zero-order chi connectivity index (χ0) is 21.3. The molecule has 0 unspecified atom stereocenters. The molecule has 1 aliphatic heterocycles. The smallest absolute Gasteiger partial charge is 0.255 e. The number of halogens is 1. The van der Waals surface area contributed by atoms with Crippen molar-refractivity contribution in [2.24, 2.45) is 0 Å². The van der Waals surface area contributed by atoms with Gasteiger partial charge in [-0.3, -0.25) is 4.79 Å². The van der Waals surface area contributed by atoms with E-state index >= 15 is 0 Å². The lowest BCUT2D eigenvalue weighted by atomic mass is 10.2. The summed E-state index contributed by atoms with van der Waals surface area (Å²) < 4.78 is 21.5. The highest BCUT2D eigenvalue weighted by atomic mass is 19.1.